The number of rotatable bonds is 2. The van der Waals surface area contributed by atoms with E-state index in [9.17, 15) is 4.79 Å². The predicted octanol–water partition coefficient (Wildman–Crippen LogP) is 3.26. The Morgan fingerprint density at radius 2 is 1.95 bits per heavy atom. The van der Waals surface area contributed by atoms with Gasteiger partial charge in [-0.2, -0.15) is 0 Å². The summed E-state index contributed by atoms with van der Waals surface area (Å²) in [5.41, 5.74) is 4.05. The number of oxazole rings is 1. The maximum absolute atomic E-state index is 12.1. The zero-order valence-corrected chi connectivity index (χ0v) is 12.7. The second-order valence-corrected chi connectivity index (χ2v) is 6.06. The van der Waals surface area contributed by atoms with Gasteiger partial charge in [-0.3, -0.25) is 9.47 Å². The number of nitrogens with zero attached hydrogens (tertiary/aromatic N) is 2. The summed E-state index contributed by atoms with van der Waals surface area (Å²) in [6, 6.07) is 13.8. The second-order valence-electron chi connectivity index (χ2n) is 5.62. The van der Waals surface area contributed by atoms with Crippen molar-refractivity contribution in [2.45, 2.75) is 19.6 Å². The van der Waals surface area contributed by atoms with E-state index in [0.717, 1.165) is 25.0 Å². The van der Waals surface area contributed by atoms with Crippen LogP contribution in [0.2, 0.25) is 5.02 Å². The first-order valence-corrected chi connectivity index (χ1v) is 7.66. The lowest BCUT2D eigenvalue weighted by molar-refractivity contribution is 0.196. The van der Waals surface area contributed by atoms with E-state index in [0.29, 0.717) is 17.3 Å². The van der Waals surface area contributed by atoms with Crippen molar-refractivity contribution < 1.29 is 4.42 Å². The number of fused-ring (bicyclic) bond motifs is 2. The fraction of sp³-hybridized carbons (Fsp3) is 0.235. The summed E-state index contributed by atoms with van der Waals surface area (Å²) in [6.45, 7) is 2.31. The lowest BCUT2D eigenvalue weighted by Gasteiger charge is -2.28. The molecule has 0 radical (unpaired) electrons. The standard InChI is InChI=1S/C17H15ClN2O2/c18-14-5-6-15-16(9-14)22-17(21)20(15)11-19-8-7-12-3-1-2-4-13(12)10-19/h1-6,9H,7-8,10-11H2. The van der Waals surface area contributed by atoms with E-state index in [1.165, 1.54) is 11.1 Å². The molecule has 0 bridgehead atoms. The fourth-order valence-corrected chi connectivity index (χ4v) is 3.21. The van der Waals surface area contributed by atoms with Gasteiger partial charge in [-0.15, -0.1) is 0 Å². The van der Waals surface area contributed by atoms with Crippen molar-refractivity contribution in [3.8, 4) is 0 Å². The molecule has 0 spiro atoms. The van der Waals surface area contributed by atoms with Gasteiger partial charge in [-0.1, -0.05) is 35.9 Å². The van der Waals surface area contributed by atoms with Gasteiger partial charge >= 0.3 is 5.76 Å². The highest BCUT2D eigenvalue weighted by Gasteiger charge is 2.18. The van der Waals surface area contributed by atoms with Crippen LogP contribution in [0.4, 0.5) is 0 Å². The van der Waals surface area contributed by atoms with E-state index in [-0.39, 0.29) is 5.76 Å². The van der Waals surface area contributed by atoms with Crippen molar-refractivity contribution in [3.63, 3.8) is 0 Å². The highest BCUT2D eigenvalue weighted by molar-refractivity contribution is 6.31. The number of aromatic nitrogens is 1. The fourth-order valence-electron chi connectivity index (χ4n) is 3.05. The summed E-state index contributed by atoms with van der Waals surface area (Å²) in [4.78, 5) is 14.4. The molecule has 22 heavy (non-hydrogen) atoms. The molecule has 0 N–H and O–H groups in total. The molecule has 1 aromatic heterocycles. The molecule has 0 saturated carbocycles. The molecular weight excluding hydrogens is 300 g/mol. The third kappa shape index (κ3) is 2.34. The Hall–Kier alpha value is -2.04. The van der Waals surface area contributed by atoms with Crippen molar-refractivity contribution >= 4 is 22.7 Å². The van der Waals surface area contributed by atoms with Gasteiger partial charge < -0.3 is 4.42 Å². The van der Waals surface area contributed by atoms with Crippen LogP contribution in [0.15, 0.2) is 51.7 Å². The Labute approximate surface area is 132 Å². The van der Waals surface area contributed by atoms with Crippen molar-refractivity contribution in [2.24, 2.45) is 0 Å². The van der Waals surface area contributed by atoms with Crippen LogP contribution in [0.5, 0.6) is 0 Å². The highest BCUT2D eigenvalue weighted by atomic mass is 35.5. The SMILES string of the molecule is O=c1oc2cc(Cl)ccc2n1CN1CCc2ccccc2C1. The first-order chi connectivity index (χ1) is 10.7. The van der Waals surface area contributed by atoms with Gasteiger partial charge in [0.2, 0.25) is 0 Å². The van der Waals surface area contributed by atoms with Gasteiger partial charge in [0.05, 0.1) is 12.2 Å². The molecule has 3 aromatic rings. The first kappa shape index (κ1) is 13.6. The molecule has 112 valence electrons. The summed E-state index contributed by atoms with van der Waals surface area (Å²) in [7, 11) is 0. The lowest BCUT2D eigenvalue weighted by atomic mass is 10.0. The highest BCUT2D eigenvalue weighted by Crippen LogP contribution is 2.21. The Morgan fingerprint density at radius 1 is 1.14 bits per heavy atom. The average Bonchev–Trinajstić information content (AvgIpc) is 2.82. The van der Waals surface area contributed by atoms with Crippen LogP contribution in [0.1, 0.15) is 11.1 Å². The van der Waals surface area contributed by atoms with Gasteiger partial charge in [-0.05, 0) is 29.7 Å². The topological polar surface area (TPSA) is 38.4 Å². The van der Waals surface area contributed by atoms with E-state index in [1.54, 1.807) is 16.7 Å². The molecule has 2 heterocycles. The van der Waals surface area contributed by atoms with Crippen molar-refractivity contribution in [3.05, 3.63) is 69.2 Å². The number of halogens is 1. The van der Waals surface area contributed by atoms with E-state index >= 15 is 0 Å². The van der Waals surface area contributed by atoms with Crippen LogP contribution in [0.3, 0.4) is 0 Å². The molecule has 4 rings (SSSR count). The molecule has 2 aromatic carbocycles. The third-order valence-corrected chi connectivity index (χ3v) is 4.42. The van der Waals surface area contributed by atoms with Crippen LogP contribution < -0.4 is 5.76 Å². The van der Waals surface area contributed by atoms with Gasteiger partial charge in [0, 0.05) is 24.2 Å². The van der Waals surface area contributed by atoms with Gasteiger partial charge in [-0.25, -0.2) is 4.79 Å². The van der Waals surface area contributed by atoms with E-state index < -0.39 is 0 Å². The first-order valence-electron chi connectivity index (χ1n) is 7.29. The summed E-state index contributed by atoms with van der Waals surface area (Å²) < 4.78 is 6.95. The van der Waals surface area contributed by atoms with Crippen LogP contribution in [0, 0.1) is 0 Å². The third-order valence-electron chi connectivity index (χ3n) is 4.18. The molecule has 0 saturated heterocycles. The number of benzene rings is 2. The second kappa shape index (κ2) is 5.30. The lowest BCUT2D eigenvalue weighted by Crippen LogP contribution is -2.34. The molecule has 0 fully saturated rings. The maximum atomic E-state index is 12.1. The maximum Gasteiger partial charge on any atom is 0.421 e. The van der Waals surface area contributed by atoms with Crippen LogP contribution in [-0.4, -0.2) is 16.0 Å². The monoisotopic (exact) mass is 314 g/mol. The zero-order valence-electron chi connectivity index (χ0n) is 12.0. The zero-order chi connectivity index (χ0) is 15.1. The van der Waals surface area contributed by atoms with Crippen LogP contribution >= 0.6 is 11.6 Å². The van der Waals surface area contributed by atoms with E-state index in [2.05, 4.69) is 29.2 Å². The molecule has 0 amide bonds. The minimum absolute atomic E-state index is 0.337. The molecule has 1 aliphatic heterocycles. The van der Waals surface area contributed by atoms with Crippen molar-refractivity contribution in [1.29, 1.82) is 0 Å². The quantitative estimate of drug-likeness (QED) is 0.728. The van der Waals surface area contributed by atoms with Gasteiger partial charge in [0.15, 0.2) is 5.58 Å². The minimum atomic E-state index is -0.337. The van der Waals surface area contributed by atoms with E-state index in [1.807, 2.05) is 6.07 Å². The largest absolute Gasteiger partial charge is 0.421 e. The summed E-state index contributed by atoms with van der Waals surface area (Å²) in [5, 5.41) is 0.570. The van der Waals surface area contributed by atoms with Crippen LogP contribution in [0.25, 0.3) is 11.1 Å². The van der Waals surface area contributed by atoms with Crippen molar-refractivity contribution in [2.75, 3.05) is 6.54 Å². The predicted molar refractivity (Wildman–Crippen MR) is 86.0 cm³/mol. The molecule has 0 aliphatic carbocycles. The molecule has 5 heteroatoms. The number of hydrogen-bond acceptors (Lipinski definition) is 3. The van der Waals surface area contributed by atoms with Crippen LogP contribution in [-0.2, 0) is 19.6 Å². The van der Waals surface area contributed by atoms with Gasteiger partial charge in [0.1, 0.15) is 0 Å². The molecule has 4 nitrogen and oxygen atoms in total. The average molecular weight is 315 g/mol. The molecule has 1 aliphatic rings. The Kier molecular flexibility index (Phi) is 3.28. The Morgan fingerprint density at radius 3 is 2.82 bits per heavy atom. The summed E-state index contributed by atoms with van der Waals surface area (Å²) in [5.74, 6) is -0.337. The van der Waals surface area contributed by atoms with E-state index in [4.69, 9.17) is 16.0 Å². The Bertz CT molecular complexity index is 897. The molecule has 0 unspecified atom stereocenters. The molecule has 0 atom stereocenters. The summed E-state index contributed by atoms with van der Waals surface area (Å²) in [6.07, 6.45) is 1.01. The van der Waals surface area contributed by atoms with Gasteiger partial charge in [0.25, 0.3) is 0 Å². The Balaban J connectivity index is 1.65. The van der Waals surface area contributed by atoms with Crippen molar-refractivity contribution in [1.82, 2.24) is 9.47 Å². The summed E-state index contributed by atoms with van der Waals surface area (Å²) >= 11 is 5.95. The molecular formula is C17H15ClN2O2. The minimum Gasteiger partial charge on any atom is -0.408 e. The number of hydrogen-bond donors (Lipinski definition) is 0. The smallest absolute Gasteiger partial charge is 0.408 e. The normalized spacial score (nSPS) is 15.1.